The van der Waals surface area contributed by atoms with Crippen LogP contribution in [0.3, 0.4) is 0 Å². The van der Waals surface area contributed by atoms with Crippen molar-refractivity contribution in [2.45, 2.75) is 64.8 Å². The van der Waals surface area contributed by atoms with Crippen molar-refractivity contribution < 1.29 is 4.79 Å². The second kappa shape index (κ2) is 7.28. The fourth-order valence-electron chi connectivity index (χ4n) is 3.20. The van der Waals surface area contributed by atoms with Crippen LogP contribution < -0.4 is 5.32 Å². The van der Waals surface area contributed by atoms with E-state index >= 15 is 0 Å². The van der Waals surface area contributed by atoms with E-state index in [1.54, 1.807) is 0 Å². The molecular formula is C16H30N2O. The topological polar surface area (TPSA) is 32.3 Å². The average Bonchev–Trinajstić information content (AvgIpc) is 3.21. The molecule has 0 aromatic carbocycles. The summed E-state index contributed by atoms with van der Waals surface area (Å²) in [4.78, 5) is 14.3. The molecule has 19 heavy (non-hydrogen) atoms. The van der Waals surface area contributed by atoms with Crippen LogP contribution in [0.1, 0.15) is 58.8 Å². The summed E-state index contributed by atoms with van der Waals surface area (Å²) >= 11 is 0. The first-order valence-electron chi connectivity index (χ1n) is 8.24. The number of hydrogen-bond acceptors (Lipinski definition) is 2. The normalized spacial score (nSPS) is 27.6. The third kappa shape index (κ3) is 4.79. The van der Waals surface area contributed by atoms with Crippen molar-refractivity contribution in [3.8, 4) is 0 Å². The van der Waals surface area contributed by atoms with Crippen LogP contribution in [0.2, 0.25) is 0 Å². The number of carbonyl (C=O) groups excluding carboxylic acids is 1. The predicted octanol–water partition coefficient (Wildman–Crippen LogP) is 2.80. The molecule has 2 fully saturated rings. The highest BCUT2D eigenvalue weighted by molar-refractivity contribution is 5.76. The molecule has 0 bridgehead atoms. The first kappa shape index (κ1) is 14.8. The molecule has 2 aliphatic rings. The Morgan fingerprint density at radius 1 is 1.16 bits per heavy atom. The molecule has 3 heteroatoms. The van der Waals surface area contributed by atoms with Gasteiger partial charge in [-0.3, -0.25) is 4.79 Å². The van der Waals surface area contributed by atoms with E-state index in [1.165, 1.54) is 38.6 Å². The van der Waals surface area contributed by atoms with Gasteiger partial charge in [0.25, 0.3) is 0 Å². The molecule has 1 saturated carbocycles. The molecule has 110 valence electrons. The van der Waals surface area contributed by atoms with Gasteiger partial charge in [-0.05, 0) is 50.5 Å². The Kier molecular flexibility index (Phi) is 5.68. The molecule has 0 aromatic heterocycles. The lowest BCUT2D eigenvalue weighted by atomic mass is 9.90. The summed E-state index contributed by atoms with van der Waals surface area (Å²) in [6.45, 7) is 7.44. The number of carbonyl (C=O) groups is 1. The maximum atomic E-state index is 12.1. The van der Waals surface area contributed by atoms with Gasteiger partial charge in [-0.2, -0.15) is 0 Å². The van der Waals surface area contributed by atoms with E-state index in [2.05, 4.69) is 24.1 Å². The second-order valence-electron chi connectivity index (χ2n) is 6.49. The number of nitrogens with zero attached hydrogens (tertiary/aromatic N) is 1. The number of amides is 1. The lowest BCUT2D eigenvalue weighted by Gasteiger charge is -2.38. The largest absolute Gasteiger partial charge is 0.341 e. The van der Waals surface area contributed by atoms with Gasteiger partial charge in [0.2, 0.25) is 5.91 Å². The van der Waals surface area contributed by atoms with Gasteiger partial charge < -0.3 is 10.2 Å². The molecule has 2 unspecified atom stereocenters. The van der Waals surface area contributed by atoms with Crippen LogP contribution in [0, 0.1) is 11.8 Å². The van der Waals surface area contributed by atoms with Crippen molar-refractivity contribution in [3.63, 3.8) is 0 Å². The summed E-state index contributed by atoms with van der Waals surface area (Å²) in [5.41, 5.74) is 0. The molecule has 0 aromatic rings. The number of rotatable bonds is 7. The minimum absolute atomic E-state index is 0.363. The molecular weight excluding hydrogens is 236 g/mol. The summed E-state index contributed by atoms with van der Waals surface area (Å²) < 4.78 is 0. The molecule has 1 aliphatic carbocycles. The van der Waals surface area contributed by atoms with Crippen LogP contribution in [0.4, 0.5) is 0 Å². The third-order valence-corrected chi connectivity index (χ3v) is 4.44. The van der Waals surface area contributed by atoms with Gasteiger partial charge in [-0.25, -0.2) is 0 Å². The Morgan fingerprint density at radius 2 is 1.95 bits per heavy atom. The van der Waals surface area contributed by atoms with Gasteiger partial charge in [-0.1, -0.05) is 20.3 Å². The zero-order valence-corrected chi connectivity index (χ0v) is 12.7. The Hall–Kier alpha value is -0.570. The summed E-state index contributed by atoms with van der Waals surface area (Å²) in [5, 5.41) is 3.70. The fourth-order valence-corrected chi connectivity index (χ4v) is 3.20. The molecule has 2 rings (SSSR count). The first-order chi connectivity index (χ1) is 9.22. The highest BCUT2D eigenvalue weighted by Gasteiger charge is 2.30. The van der Waals surface area contributed by atoms with E-state index in [4.69, 9.17) is 0 Å². The summed E-state index contributed by atoms with van der Waals surface area (Å²) in [6, 6.07) is 0.534. The van der Waals surface area contributed by atoms with E-state index in [1.807, 2.05) is 0 Å². The molecule has 0 radical (unpaired) electrons. The van der Waals surface area contributed by atoms with Crippen molar-refractivity contribution in [1.29, 1.82) is 0 Å². The molecule has 1 aliphatic heterocycles. The van der Waals surface area contributed by atoms with E-state index in [0.29, 0.717) is 24.3 Å². The first-order valence-corrected chi connectivity index (χ1v) is 8.24. The minimum atomic E-state index is 0.363. The van der Waals surface area contributed by atoms with E-state index in [0.717, 1.165) is 25.4 Å². The highest BCUT2D eigenvalue weighted by atomic mass is 16.2. The molecule has 1 N–H and O–H groups in total. The van der Waals surface area contributed by atoms with E-state index < -0.39 is 0 Å². The quantitative estimate of drug-likeness (QED) is 0.768. The average molecular weight is 266 g/mol. The smallest absolute Gasteiger partial charge is 0.222 e. The predicted molar refractivity (Wildman–Crippen MR) is 79.0 cm³/mol. The van der Waals surface area contributed by atoms with E-state index in [-0.39, 0.29) is 0 Å². The Labute approximate surface area is 118 Å². The number of hydrogen-bond donors (Lipinski definition) is 1. The molecule has 2 atom stereocenters. The van der Waals surface area contributed by atoms with Gasteiger partial charge >= 0.3 is 0 Å². The zero-order chi connectivity index (χ0) is 13.7. The van der Waals surface area contributed by atoms with Gasteiger partial charge in [0, 0.05) is 25.6 Å². The maximum Gasteiger partial charge on any atom is 0.222 e. The second-order valence-corrected chi connectivity index (χ2v) is 6.49. The Balaban J connectivity index is 1.85. The van der Waals surface area contributed by atoms with Gasteiger partial charge in [-0.15, -0.1) is 0 Å². The molecule has 1 saturated heterocycles. The maximum absolute atomic E-state index is 12.1. The fraction of sp³-hybridized carbons (Fsp3) is 0.938. The van der Waals surface area contributed by atoms with Crippen LogP contribution in [0.5, 0.6) is 0 Å². The lowest BCUT2D eigenvalue weighted by Crippen LogP contribution is -2.51. The van der Waals surface area contributed by atoms with Crippen LogP contribution in [-0.2, 0) is 4.79 Å². The van der Waals surface area contributed by atoms with Gasteiger partial charge in [0.15, 0.2) is 0 Å². The molecule has 0 spiro atoms. The minimum Gasteiger partial charge on any atom is -0.341 e. The van der Waals surface area contributed by atoms with Crippen LogP contribution in [0.25, 0.3) is 0 Å². The van der Waals surface area contributed by atoms with Crippen molar-refractivity contribution in [1.82, 2.24) is 10.2 Å². The summed E-state index contributed by atoms with van der Waals surface area (Å²) in [7, 11) is 0. The lowest BCUT2D eigenvalue weighted by molar-refractivity contribution is -0.133. The number of piperidine rings is 1. The third-order valence-electron chi connectivity index (χ3n) is 4.44. The zero-order valence-electron chi connectivity index (χ0n) is 12.7. The van der Waals surface area contributed by atoms with Gasteiger partial charge in [0.1, 0.15) is 0 Å². The van der Waals surface area contributed by atoms with Crippen LogP contribution in [-0.4, -0.2) is 36.5 Å². The Morgan fingerprint density at radius 3 is 2.58 bits per heavy atom. The van der Waals surface area contributed by atoms with Crippen LogP contribution in [0.15, 0.2) is 0 Å². The standard InChI is InChI=1S/C16H30N2O/c1-3-5-14-9-15(17-10-13-7-8-13)12-18(11-14)16(19)6-4-2/h13-15,17H,3-12H2,1-2H3. The molecule has 1 amide bonds. The van der Waals surface area contributed by atoms with Crippen LogP contribution >= 0.6 is 0 Å². The van der Waals surface area contributed by atoms with Crippen molar-refractivity contribution in [2.24, 2.45) is 11.8 Å². The summed E-state index contributed by atoms with van der Waals surface area (Å²) in [5.74, 6) is 1.99. The number of likely N-dealkylation sites (tertiary alicyclic amines) is 1. The van der Waals surface area contributed by atoms with Crippen molar-refractivity contribution in [2.75, 3.05) is 19.6 Å². The molecule has 3 nitrogen and oxygen atoms in total. The van der Waals surface area contributed by atoms with Crippen molar-refractivity contribution >= 4 is 5.91 Å². The van der Waals surface area contributed by atoms with Gasteiger partial charge in [0.05, 0.1) is 0 Å². The Bertz CT molecular complexity index is 288. The van der Waals surface area contributed by atoms with E-state index in [9.17, 15) is 4.79 Å². The SMILES string of the molecule is CCCC(=O)N1CC(CCC)CC(NCC2CC2)C1. The monoisotopic (exact) mass is 266 g/mol. The summed E-state index contributed by atoms with van der Waals surface area (Å²) in [6.07, 6.45) is 8.24. The number of nitrogens with one attached hydrogen (secondary N) is 1. The highest BCUT2D eigenvalue weighted by Crippen LogP contribution is 2.29. The molecule has 1 heterocycles. The van der Waals surface area contributed by atoms with Crippen molar-refractivity contribution in [3.05, 3.63) is 0 Å².